The summed E-state index contributed by atoms with van der Waals surface area (Å²) in [6, 6.07) is 0. The first kappa shape index (κ1) is 10.7. The van der Waals surface area contributed by atoms with Crippen LogP contribution in [-0.2, 0) is 0 Å². The van der Waals surface area contributed by atoms with E-state index in [-0.39, 0.29) is 5.31 Å². The zero-order chi connectivity index (χ0) is 10.3. The number of hydrogen-bond donors (Lipinski definition) is 0. The summed E-state index contributed by atoms with van der Waals surface area (Å²) in [6.45, 7) is 6.80. The lowest BCUT2D eigenvalue weighted by Gasteiger charge is -2.34. The molecule has 0 aromatic carbocycles. The van der Waals surface area contributed by atoms with Crippen molar-refractivity contribution in [2.75, 3.05) is 0 Å². The van der Waals surface area contributed by atoms with Crippen LogP contribution in [0.1, 0.15) is 46.5 Å². The van der Waals surface area contributed by atoms with Gasteiger partial charge in [0.1, 0.15) is 0 Å². The zero-order valence-corrected chi connectivity index (χ0v) is 10.3. The smallest absolute Gasteiger partial charge is 0.0758 e. The molecule has 0 amide bonds. The fraction of sp³-hybridized carbons (Fsp3) is 0.833. The molecule has 1 aliphatic carbocycles. The summed E-state index contributed by atoms with van der Waals surface area (Å²) in [7, 11) is 6.44. The fourth-order valence-corrected chi connectivity index (χ4v) is 4.44. The molecule has 2 rings (SSSR count). The zero-order valence-electron chi connectivity index (χ0n) is 9.47. The van der Waals surface area contributed by atoms with Gasteiger partial charge >= 0.3 is 0 Å². The van der Waals surface area contributed by atoms with Crippen molar-refractivity contribution in [1.82, 2.24) is 0 Å². The first-order valence-electron chi connectivity index (χ1n) is 5.65. The van der Waals surface area contributed by atoms with Crippen molar-refractivity contribution in [2.24, 2.45) is 5.92 Å². The van der Waals surface area contributed by atoms with Gasteiger partial charge in [0.15, 0.2) is 0 Å². The van der Waals surface area contributed by atoms with Crippen LogP contribution in [0.2, 0.25) is 5.31 Å². The van der Waals surface area contributed by atoms with Gasteiger partial charge in [0.25, 0.3) is 0 Å². The minimum Gasteiger partial charge on any atom is -0.127 e. The largest absolute Gasteiger partial charge is 0.127 e. The van der Waals surface area contributed by atoms with Gasteiger partial charge in [0.05, 0.1) is 7.85 Å². The summed E-state index contributed by atoms with van der Waals surface area (Å²) in [5.41, 5.74) is 1.61. The Balaban J connectivity index is 2.26. The van der Waals surface area contributed by atoms with Crippen molar-refractivity contribution < 1.29 is 0 Å². The van der Waals surface area contributed by atoms with E-state index in [4.69, 9.17) is 7.85 Å². The molecule has 0 saturated heterocycles. The highest BCUT2D eigenvalue weighted by molar-refractivity contribution is 8.04. The highest BCUT2D eigenvalue weighted by atomic mass is 32.2. The third-order valence-corrected chi connectivity index (χ3v) is 5.71. The summed E-state index contributed by atoms with van der Waals surface area (Å²) in [6.07, 6.45) is 5.22. The van der Waals surface area contributed by atoms with Crippen LogP contribution >= 0.6 is 11.8 Å². The molecular formula is C12H19BS. The van der Waals surface area contributed by atoms with E-state index in [1.54, 1.807) is 5.57 Å². The number of rotatable bonds is 0. The summed E-state index contributed by atoms with van der Waals surface area (Å²) in [5.74, 6) is 0.762. The average molecular weight is 206 g/mol. The van der Waals surface area contributed by atoms with Gasteiger partial charge in [-0.05, 0) is 31.1 Å². The van der Waals surface area contributed by atoms with E-state index in [0.29, 0.717) is 5.25 Å². The minimum atomic E-state index is 0.0465. The molecule has 1 saturated carbocycles. The highest BCUT2D eigenvalue weighted by Gasteiger charge is 2.41. The molecule has 0 aromatic rings. The van der Waals surface area contributed by atoms with Crippen molar-refractivity contribution in [3.63, 3.8) is 0 Å². The van der Waals surface area contributed by atoms with Crippen LogP contribution in [0.15, 0.2) is 10.5 Å². The van der Waals surface area contributed by atoms with E-state index in [2.05, 4.69) is 20.8 Å². The van der Waals surface area contributed by atoms with E-state index >= 15 is 0 Å². The highest BCUT2D eigenvalue weighted by Crippen LogP contribution is 2.56. The topological polar surface area (TPSA) is 0 Å². The van der Waals surface area contributed by atoms with E-state index in [1.165, 1.54) is 30.6 Å². The molecule has 2 heteroatoms. The normalized spacial score (nSPS) is 43.6. The molecule has 1 aliphatic heterocycles. The number of allylic oxidation sites excluding steroid dienone is 2. The van der Waals surface area contributed by atoms with E-state index in [0.717, 1.165) is 5.92 Å². The molecule has 0 N–H and O–H groups in total. The lowest BCUT2D eigenvalue weighted by atomic mass is 9.63. The van der Waals surface area contributed by atoms with Crippen LogP contribution in [0.4, 0.5) is 0 Å². The van der Waals surface area contributed by atoms with Crippen LogP contribution in [0, 0.1) is 5.92 Å². The van der Waals surface area contributed by atoms with E-state index < -0.39 is 0 Å². The Hall–Kier alpha value is 0.155. The van der Waals surface area contributed by atoms with Crippen LogP contribution in [0.25, 0.3) is 0 Å². The minimum absolute atomic E-state index is 0.0465. The summed E-state index contributed by atoms with van der Waals surface area (Å²) < 4.78 is 0. The lowest BCUT2D eigenvalue weighted by molar-refractivity contribution is 0.482. The first-order chi connectivity index (χ1) is 6.52. The third-order valence-electron chi connectivity index (χ3n) is 3.91. The Labute approximate surface area is 93.3 Å². The Bertz CT molecular complexity index is 267. The summed E-state index contributed by atoms with van der Waals surface area (Å²) in [4.78, 5) is 1.53. The number of fused-ring (bicyclic) bond motifs is 1. The molecule has 0 nitrogen and oxygen atoms in total. The standard InChI is InChI=1S/C12H19BS/c1-8-9(2)14-11-10(8)6-4-5-7-12(11,3)13/h10-11H,4-7H2,1-3H3. The van der Waals surface area contributed by atoms with E-state index in [1.807, 2.05) is 11.8 Å². The maximum Gasteiger partial charge on any atom is 0.0758 e. The molecule has 1 fully saturated rings. The summed E-state index contributed by atoms with van der Waals surface area (Å²) >= 11 is 2.03. The van der Waals surface area contributed by atoms with Crippen LogP contribution in [0.3, 0.4) is 0 Å². The molecule has 2 aliphatic rings. The van der Waals surface area contributed by atoms with Gasteiger partial charge in [-0.3, -0.25) is 0 Å². The second kappa shape index (κ2) is 3.62. The van der Waals surface area contributed by atoms with Gasteiger partial charge in [-0.2, -0.15) is 0 Å². The molecular weight excluding hydrogens is 187 g/mol. The Kier molecular flexibility index (Phi) is 2.76. The van der Waals surface area contributed by atoms with Gasteiger partial charge in [-0.15, -0.1) is 11.8 Å². The van der Waals surface area contributed by atoms with Gasteiger partial charge in [-0.25, -0.2) is 0 Å². The molecule has 0 spiro atoms. The fourth-order valence-electron chi connectivity index (χ4n) is 2.83. The average Bonchev–Trinajstić information content (AvgIpc) is 2.30. The predicted octanol–water partition coefficient (Wildman–Crippen LogP) is 3.93. The Morgan fingerprint density at radius 3 is 2.79 bits per heavy atom. The van der Waals surface area contributed by atoms with Crippen molar-refractivity contribution in [3.05, 3.63) is 10.5 Å². The van der Waals surface area contributed by atoms with E-state index in [9.17, 15) is 0 Å². The van der Waals surface area contributed by atoms with Crippen molar-refractivity contribution in [1.29, 1.82) is 0 Å². The predicted molar refractivity (Wildman–Crippen MR) is 65.8 cm³/mol. The lowest BCUT2D eigenvalue weighted by Crippen LogP contribution is -2.26. The van der Waals surface area contributed by atoms with Gasteiger partial charge in [0, 0.05) is 5.25 Å². The summed E-state index contributed by atoms with van der Waals surface area (Å²) in [5, 5.41) is 0.690. The van der Waals surface area contributed by atoms with Crippen LogP contribution < -0.4 is 0 Å². The van der Waals surface area contributed by atoms with Gasteiger partial charge in [0.2, 0.25) is 0 Å². The maximum atomic E-state index is 6.44. The quantitative estimate of drug-likeness (QED) is 0.541. The molecule has 3 atom stereocenters. The van der Waals surface area contributed by atoms with Crippen molar-refractivity contribution in [3.8, 4) is 0 Å². The molecule has 3 unspecified atom stereocenters. The molecule has 76 valence electrons. The van der Waals surface area contributed by atoms with Gasteiger partial charge in [-0.1, -0.05) is 37.1 Å². The maximum absolute atomic E-state index is 6.44. The SMILES string of the molecule is [B]C1(C)CCCCC2C(C)=C(C)SC21. The van der Waals surface area contributed by atoms with Crippen molar-refractivity contribution >= 4 is 19.6 Å². The van der Waals surface area contributed by atoms with Crippen molar-refractivity contribution in [2.45, 2.75) is 57.0 Å². The molecule has 2 radical (unpaired) electrons. The second-order valence-electron chi connectivity index (χ2n) is 5.14. The second-order valence-corrected chi connectivity index (χ2v) is 6.49. The van der Waals surface area contributed by atoms with Crippen LogP contribution in [0.5, 0.6) is 0 Å². The van der Waals surface area contributed by atoms with Crippen LogP contribution in [-0.4, -0.2) is 13.1 Å². The van der Waals surface area contributed by atoms with Gasteiger partial charge < -0.3 is 0 Å². The Morgan fingerprint density at radius 1 is 1.36 bits per heavy atom. The Morgan fingerprint density at radius 2 is 2.07 bits per heavy atom. The molecule has 0 bridgehead atoms. The monoisotopic (exact) mass is 206 g/mol. The number of thioether (sulfide) groups is 1. The molecule has 1 heterocycles. The molecule has 14 heavy (non-hydrogen) atoms. The molecule has 0 aromatic heterocycles. The number of hydrogen-bond acceptors (Lipinski definition) is 1. The first-order valence-corrected chi connectivity index (χ1v) is 6.53. The third kappa shape index (κ3) is 1.66.